The summed E-state index contributed by atoms with van der Waals surface area (Å²) in [5, 5.41) is 11.5. The van der Waals surface area contributed by atoms with Gasteiger partial charge in [-0.15, -0.1) is 4.33 Å². The quantitative estimate of drug-likeness (QED) is 0.479. The summed E-state index contributed by atoms with van der Waals surface area (Å²) in [6.45, 7) is 1.82. The summed E-state index contributed by atoms with van der Waals surface area (Å²) >= 11 is 0.697. The van der Waals surface area contributed by atoms with Crippen molar-refractivity contribution in [2.75, 3.05) is 11.0 Å². The number of benzene rings is 1. The van der Waals surface area contributed by atoms with Crippen LogP contribution in [0, 0.1) is 6.92 Å². The van der Waals surface area contributed by atoms with Crippen molar-refractivity contribution in [1.29, 1.82) is 0 Å². The number of sulfonamides is 1. The van der Waals surface area contributed by atoms with Crippen molar-refractivity contribution in [3.05, 3.63) is 23.8 Å². The summed E-state index contributed by atoms with van der Waals surface area (Å²) in [6, 6.07) is 5.06. The molecule has 2 N–H and O–H groups in total. The van der Waals surface area contributed by atoms with E-state index in [1.165, 1.54) is 0 Å². The van der Waals surface area contributed by atoms with Gasteiger partial charge in [-0.1, -0.05) is 11.1 Å². The first-order valence-electron chi connectivity index (χ1n) is 4.15. The van der Waals surface area contributed by atoms with Gasteiger partial charge in [0.2, 0.25) is 10.0 Å². The molecule has 6 nitrogen and oxygen atoms in total. The van der Waals surface area contributed by atoms with Gasteiger partial charge in [0.1, 0.15) is 0 Å². The van der Waals surface area contributed by atoms with Crippen molar-refractivity contribution in [2.24, 2.45) is 0 Å². The predicted octanol–water partition coefficient (Wildman–Crippen LogP) is 1.79. The molecular formula is C8H11NO5S2. The second-order valence-corrected chi connectivity index (χ2v) is 5.59. The largest absolute Gasteiger partial charge is 0.283 e. The third kappa shape index (κ3) is 4.37. The second-order valence-electron chi connectivity index (χ2n) is 3.10. The summed E-state index contributed by atoms with van der Waals surface area (Å²) in [4.78, 5) is 0.477. The Labute approximate surface area is 97.7 Å². The van der Waals surface area contributed by atoms with Crippen molar-refractivity contribution >= 4 is 27.8 Å². The van der Waals surface area contributed by atoms with E-state index < -0.39 is 10.0 Å². The Morgan fingerprint density at radius 1 is 1.44 bits per heavy atom. The molecule has 8 heteroatoms. The summed E-state index contributed by atoms with van der Waals surface area (Å²) < 4.78 is 28.8. The molecule has 0 atom stereocenters. The highest BCUT2D eigenvalue weighted by Crippen LogP contribution is 2.29. The predicted molar refractivity (Wildman–Crippen MR) is 60.3 cm³/mol. The fraction of sp³-hybridized carbons (Fsp3) is 0.250. The Morgan fingerprint density at radius 2 is 2.12 bits per heavy atom. The Kier molecular flexibility index (Phi) is 4.56. The van der Waals surface area contributed by atoms with Gasteiger partial charge in [0, 0.05) is 0 Å². The van der Waals surface area contributed by atoms with Crippen molar-refractivity contribution in [2.45, 2.75) is 11.8 Å². The fourth-order valence-electron chi connectivity index (χ4n) is 1.05. The molecule has 0 amide bonds. The van der Waals surface area contributed by atoms with E-state index in [4.69, 9.17) is 5.26 Å². The van der Waals surface area contributed by atoms with Crippen LogP contribution in [0.2, 0.25) is 0 Å². The smallest absolute Gasteiger partial charge is 0.229 e. The lowest BCUT2D eigenvalue weighted by Crippen LogP contribution is -2.10. The standard InChI is InChI=1S/C8H11NO5S2/c1-6-3-4-8(15-14-13-10)7(5-6)9-16(2,11)12/h3-5,9-10H,1-2H3. The molecule has 1 aromatic rings. The van der Waals surface area contributed by atoms with Crippen LogP contribution in [0.3, 0.4) is 0 Å². The number of hydrogen-bond acceptors (Lipinski definition) is 6. The van der Waals surface area contributed by atoms with Crippen LogP contribution in [0.4, 0.5) is 5.69 Å². The minimum absolute atomic E-state index is 0.365. The third-order valence-electron chi connectivity index (χ3n) is 1.58. The molecule has 90 valence electrons. The monoisotopic (exact) mass is 265 g/mol. The number of anilines is 1. The SMILES string of the molecule is Cc1ccc(SOOO)c(NS(C)(=O)=O)c1. The molecule has 16 heavy (non-hydrogen) atoms. The highest BCUT2D eigenvalue weighted by Gasteiger charge is 2.09. The lowest BCUT2D eigenvalue weighted by Gasteiger charge is -2.09. The Bertz CT molecular complexity index is 459. The first-order chi connectivity index (χ1) is 7.42. The van der Waals surface area contributed by atoms with Crippen LogP contribution in [0.5, 0.6) is 0 Å². The Morgan fingerprint density at radius 3 is 2.69 bits per heavy atom. The van der Waals surface area contributed by atoms with Crippen LogP contribution in [0.25, 0.3) is 0 Å². The molecule has 0 heterocycles. The molecule has 0 aliphatic carbocycles. The zero-order chi connectivity index (χ0) is 12.2. The van der Waals surface area contributed by atoms with E-state index in [2.05, 4.69) is 14.1 Å². The second kappa shape index (κ2) is 5.51. The maximum atomic E-state index is 11.1. The maximum Gasteiger partial charge on any atom is 0.229 e. The van der Waals surface area contributed by atoms with Crippen LogP contribution in [0.1, 0.15) is 5.56 Å². The van der Waals surface area contributed by atoms with Gasteiger partial charge in [-0.3, -0.25) is 4.72 Å². The van der Waals surface area contributed by atoms with E-state index in [1.807, 2.05) is 6.92 Å². The molecule has 0 fully saturated rings. The first kappa shape index (κ1) is 13.3. The third-order valence-corrected chi connectivity index (χ3v) is 2.84. The van der Waals surface area contributed by atoms with E-state index in [1.54, 1.807) is 18.2 Å². The van der Waals surface area contributed by atoms with Crippen LogP contribution < -0.4 is 4.72 Å². The summed E-state index contributed by atoms with van der Waals surface area (Å²) in [5.41, 5.74) is 1.25. The molecule has 0 unspecified atom stereocenters. The Hall–Kier alpha value is -0.800. The Balaban J connectivity index is 2.98. The van der Waals surface area contributed by atoms with Crippen molar-refractivity contribution in [3.8, 4) is 0 Å². The fourth-order valence-corrected chi connectivity index (χ4v) is 2.11. The lowest BCUT2D eigenvalue weighted by atomic mass is 10.2. The van der Waals surface area contributed by atoms with Crippen molar-refractivity contribution in [3.63, 3.8) is 0 Å². The van der Waals surface area contributed by atoms with Gasteiger partial charge in [0.05, 0.1) is 28.9 Å². The number of hydrogen-bond donors (Lipinski definition) is 2. The van der Waals surface area contributed by atoms with Gasteiger partial charge >= 0.3 is 0 Å². The average molecular weight is 265 g/mol. The molecule has 0 aliphatic rings. The minimum atomic E-state index is -3.36. The zero-order valence-corrected chi connectivity index (χ0v) is 10.3. The highest BCUT2D eigenvalue weighted by molar-refractivity contribution is 7.95. The first-order valence-corrected chi connectivity index (χ1v) is 6.79. The van der Waals surface area contributed by atoms with E-state index in [0.29, 0.717) is 22.6 Å². The van der Waals surface area contributed by atoms with E-state index in [9.17, 15) is 8.42 Å². The van der Waals surface area contributed by atoms with E-state index >= 15 is 0 Å². The van der Waals surface area contributed by atoms with Gasteiger partial charge in [-0.25, -0.2) is 13.7 Å². The molecule has 0 spiro atoms. The number of aryl methyl sites for hydroxylation is 1. The molecule has 1 aromatic carbocycles. The molecule has 0 aliphatic heterocycles. The lowest BCUT2D eigenvalue weighted by molar-refractivity contribution is -0.432. The van der Waals surface area contributed by atoms with Gasteiger partial charge in [-0.2, -0.15) is 0 Å². The van der Waals surface area contributed by atoms with Crippen molar-refractivity contribution < 1.29 is 23.0 Å². The minimum Gasteiger partial charge on any atom is -0.283 e. The van der Waals surface area contributed by atoms with Crippen LogP contribution in [0.15, 0.2) is 23.1 Å². The summed E-state index contributed by atoms with van der Waals surface area (Å²) in [6.07, 6.45) is 1.05. The molecule has 1 rings (SSSR count). The molecular weight excluding hydrogens is 254 g/mol. The summed E-state index contributed by atoms with van der Waals surface area (Å²) in [7, 11) is -3.36. The normalized spacial score (nSPS) is 11.4. The average Bonchev–Trinajstić information content (AvgIpc) is 2.14. The van der Waals surface area contributed by atoms with Gasteiger partial charge in [-0.05, 0) is 24.6 Å². The molecule has 0 saturated heterocycles. The van der Waals surface area contributed by atoms with Crippen LogP contribution in [-0.4, -0.2) is 19.9 Å². The molecule has 0 aromatic heterocycles. The van der Waals surface area contributed by atoms with Crippen molar-refractivity contribution in [1.82, 2.24) is 0 Å². The van der Waals surface area contributed by atoms with Gasteiger partial charge < -0.3 is 0 Å². The van der Waals surface area contributed by atoms with Crippen LogP contribution in [-0.2, 0) is 19.4 Å². The molecule has 0 saturated carbocycles. The highest BCUT2D eigenvalue weighted by atomic mass is 32.2. The molecule has 0 radical (unpaired) electrons. The summed E-state index contributed by atoms with van der Waals surface area (Å²) in [5.74, 6) is 0. The zero-order valence-electron chi connectivity index (χ0n) is 8.63. The number of nitrogens with one attached hydrogen (secondary N) is 1. The topological polar surface area (TPSA) is 84.9 Å². The maximum absolute atomic E-state index is 11.1. The van der Waals surface area contributed by atoms with Gasteiger partial charge in [0.25, 0.3) is 0 Å². The van der Waals surface area contributed by atoms with Gasteiger partial charge in [0.15, 0.2) is 0 Å². The van der Waals surface area contributed by atoms with E-state index in [0.717, 1.165) is 11.8 Å². The number of rotatable bonds is 5. The van der Waals surface area contributed by atoms with E-state index in [-0.39, 0.29) is 0 Å². The van der Waals surface area contributed by atoms with Crippen LogP contribution >= 0.6 is 12.0 Å². The molecule has 0 bridgehead atoms.